The summed E-state index contributed by atoms with van der Waals surface area (Å²) in [6.07, 6.45) is 2.97. The number of carbonyl (C=O) groups is 1. The van der Waals surface area contributed by atoms with E-state index in [0.717, 1.165) is 24.1 Å². The molecule has 0 bridgehead atoms. The molecule has 112 valence electrons. The first-order chi connectivity index (χ1) is 10.2. The molecule has 5 heteroatoms. The first kappa shape index (κ1) is 15.3. The van der Waals surface area contributed by atoms with Crippen LogP contribution in [0.5, 0.6) is 0 Å². The van der Waals surface area contributed by atoms with Crippen molar-refractivity contribution in [2.45, 2.75) is 38.6 Å². The van der Waals surface area contributed by atoms with Crippen LogP contribution in [0.25, 0.3) is 0 Å². The number of hydrogen-bond donors (Lipinski definition) is 3. The molecule has 21 heavy (non-hydrogen) atoms. The van der Waals surface area contributed by atoms with Crippen molar-refractivity contribution >= 4 is 11.7 Å². The summed E-state index contributed by atoms with van der Waals surface area (Å²) in [5.74, 6) is 0.521. The van der Waals surface area contributed by atoms with E-state index in [9.17, 15) is 4.79 Å². The number of benzene rings is 1. The van der Waals surface area contributed by atoms with Gasteiger partial charge in [-0.2, -0.15) is 5.10 Å². The second-order valence-corrected chi connectivity index (χ2v) is 5.13. The maximum atomic E-state index is 11.9. The Bertz CT molecular complexity index is 565. The predicted octanol–water partition coefficient (Wildman–Crippen LogP) is 2.78. The van der Waals surface area contributed by atoms with Crippen molar-refractivity contribution < 1.29 is 4.79 Å². The van der Waals surface area contributed by atoms with E-state index < -0.39 is 0 Å². The molecule has 2 aromatic rings. The van der Waals surface area contributed by atoms with Crippen LogP contribution in [0.3, 0.4) is 0 Å². The van der Waals surface area contributed by atoms with Crippen molar-refractivity contribution in [1.29, 1.82) is 0 Å². The lowest BCUT2D eigenvalue weighted by Gasteiger charge is -2.11. The molecule has 1 atom stereocenters. The molecule has 0 fully saturated rings. The monoisotopic (exact) mass is 286 g/mol. The number of nitrogens with two attached hydrogens (primary N) is 1. The van der Waals surface area contributed by atoms with Gasteiger partial charge in [-0.25, -0.2) is 0 Å². The number of aromatic nitrogens is 2. The maximum absolute atomic E-state index is 11.9. The normalized spacial score (nSPS) is 12.1. The summed E-state index contributed by atoms with van der Waals surface area (Å²) in [6, 6.07) is 11.6. The molecule has 0 aliphatic carbocycles. The van der Waals surface area contributed by atoms with Gasteiger partial charge in [0.05, 0.1) is 0 Å². The number of nitrogens with zero attached hydrogens (tertiary/aromatic N) is 1. The third-order valence-corrected chi connectivity index (χ3v) is 3.33. The smallest absolute Gasteiger partial charge is 0.225 e. The molecule has 1 aromatic carbocycles. The van der Waals surface area contributed by atoms with Gasteiger partial charge in [-0.15, -0.1) is 0 Å². The Morgan fingerprint density at radius 2 is 2.14 bits per heavy atom. The second kappa shape index (κ2) is 7.59. The fraction of sp³-hybridized carbons (Fsp3) is 0.375. The van der Waals surface area contributed by atoms with E-state index in [1.54, 1.807) is 0 Å². The first-order valence-electron chi connectivity index (χ1n) is 7.33. The number of aryl methyl sites for hydroxylation is 1. The van der Waals surface area contributed by atoms with Gasteiger partial charge in [0.25, 0.3) is 0 Å². The molecule has 0 aliphatic rings. The summed E-state index contributed by atoms with van der Waals surface area (Å²) in [4.78, 5) is 11.9. The van der Waals surface area contributed by atoms with Gasteiger partial charge in [0.15, 0.2) is 5.82 Å². The van der Waals surface area contributed by atoms with Crippen LogP contribution in [0.2, 0.25) is 0 Å². The summed E-state index contributed by atoms with van der Waals surface area (Å²) in [5.41, 5.74) is 8.17. The van der Waals surface area contributed by atoms with Crippen LogP contribution in [0.4, 0.5) is 5.82 Å². The molecule has 0 saturated carbocycles. The lowest BCUT2D eigenvalue weighted by atomic mass is 10.0. The molecule has 0 saturated heterocycles. The molecule has 5 nitrogen and oxygen atoms in total. The summed E-state index contributed by atoms with van der Waals surface area (Å²) >= 11 is 0. The minimum atomic E-state index is -0.119. The molecule has 0 aliphatic heterocycles. The Morgan fingerprint density at radius 3 is 2.86 bits per heavy atom. The van der Waals surface area contributed by atoms with Gasteiger partial charge < -0.3 is 11.1 Å². The van der Waals surface area contributed by atoms with Gasteiger partial charge in [0, 0.05) is 24.2 Å². The number of carbonyl (C=O) groups excluding carboxylic acids is 1. The SMILES string of the molecule is CCCc1cc(NC(=O)CCC(N)c2ccccc2)n[nH]1. The summed E-state index contributed by atoms with van der Waals surface area (Å²) in [6.45, 7) is 2.10. The van der Waals surface area contributed by atoms with Crippen molar-refractivity contribution in [3.63, 3.8) is 0 Å². The summed E-state index contributed by atoms with van der Waals surface area (Å²) < 4.78 is 0. The third-order valence-electron chi connectivity index (χ3n) is 3.33. The van der Waals surface area contributed by atoms with Gasteiger partial charge in [0.2, 0.25) is 5.91 Å². The van der Waals surface area contributed by atoms with Gasteiger partial charge in [-0.05, 0) is 18.4 Å². The van der Waals surface area contributed by atoms with Crippen molar-refractivity contribution in [2.75, 3.05) is 5.32 Å². The van der Waals surface area contributed by atoms with Gasteiger partial charge in [0.1, 0.15) is 0 Å². The molecule has 0 radical (unpaired) electrons. The van der Waals surface area contributed by atoms with Crippen LogP contribution in [0.15, 0.2) is 36.4 Å². The minimum Gasteiger partial charge on any atom is -0.324 e. The number of nitrogens with one attached hydrogen (secondary N) is 2. The fourth-order valence-corrected chi connectivity index (χ4v) is 2.18. The van der Waals surface area contributed by atoms with Crippen LogP contribution >= 0.6 is 0 Å². The predicted molar refractivity (Wildman–Crippen MR) is 83.8 cm³/mol. The Labute approximate surface area is 124 Å². The summed E-state index contributed by atoms with van der Waals surface area (Å²) in [7, 11) is 0. The Balaban J connectivity index is 1.79. The molecule has 0 spiro atoms. The van der Waals surface area contributed by atoms with Gasteiger partial charge in [-0.1, -0.05) is 43.7 Å². The van der Waals surface area contributed by atoms with Crippen LogP contribution < -0.4 is 11.1 Å². The average Bonchev–Trinajstić information content (AvgIpc) is 2.93. The topological polar surface area (TPSA) is 83.8 Å². The largest absolute Gasteiger partial charge is 0.324 e. The van der Waals surface area contributed by atoms with Crippen molar-refractivity contribution in [3.05, 3.63) is 47.7 Å². The Morgan fingerprint density at radius 1 is 1.38 bits per heavy atom. The number of anilines is 1. The molecule has 2 rings (SSSR count). The van der Waals surface area contributed by atoms with Crippen molar-refractivity contribution in [3.8, 4) is 0 Å². The third kappa shape index (κ3) is 4.72. The molecule has 1 heterocycles. The zero-order chi connectivity index (χ0) is 15.1. The molecular formula is C16H22N4O. The van der Waals surface area contributed by atoms with E-state index in [2.05, 4.69) is 22.4 Å². The van der Waals surface area contributed by atoms with Crippen molar-refractivity contribution in [2.24, 2.45) is 5.73 Å². The highest BCUT2D eigenvalue weighted by molar-refractivity contribution is 5.89. The number of rotatable bonds is 7. The number of H-pyrrole nitrogens is 1. The Hall–Kier alpha value is -2.14. The highest BCUT2D eigenvalue weighted by Crippen LogP contribution is 2.16. The lowest BCUT2D eigenvalue weighted by Crippen LogP contribution is -2.16. The van der Waals surface area contributed by atoms with E-state index in [4.69, 9.17) is 5.73 Å². The Kier molecular flexibility index (Phi) is 5.51. The van der Waals surface area contributed by atoms with Crippen LogP contribution in [-0.2, 0) is 11.2 Å². The first-order valence-corrected chi connectivity index (χ1v) is 7.33. The number of hydrogen-bond acceptors (Lipinski definition) is 3. The highest BCUT2D eigenvalue weighted by Gasteiger charge is 2.10. The average molecular weight is 286 g/mol. The molecule has 4 N–H and O–H groups in total. The van der Waals surface area contributed by atoms with Gasteiger partial charge >= 0.3 is 0 Å². The van der Waals surface area contributed by atoms with E-state index >= 15 is 0 Å². The maximum Gasteiger partial charge on any atom is 0.225 e. The molecule has 1 amide bonds. The van der Waals surface area contributed by atoms with Crippen LogP contribution in [0, 0.1) is 0 Å². The lowest BCUT2D eigenvalue weighted by molar-refractivity contribution is -0.116. The van der Waals surface area contributed by atoms with Crippen LogP contribution in [0.1, 0.15) is 43.5 Å². The number of amides is 1. The van der Waals surface area contributed by atoms with E-state index in [-0.39, 0.29) is 11.9 Å². The molecular weight excluding hydrogens is 264 g/mol. The van der Waals surface area contributed by atoms with Crippen LogP contribution in [-0.4, -0.2) is 16.1 Å². The minimum absolute atomic E-state index is 0.0593. The zero-order valence-corrected chi connectivity index (χ0v) is 12.3. The van der Waals surface area contributed by atoms with Crippen molar-refractivity contribution in [1.82, 2.24) is 10.2 Å². The van der Waals surface area contributed by atoms with E-state index in [1.165, 1.54) is 0 Å². The van der Waals surface area contributed by atoms with E-state index in [1.807, 2.05) is 36.4 Å². The van der Waals surface area contributed by atoms with Gasteiger partial charge in [-0.3, -0.25) is 9.89 Å². The zero-order valence-electron chi connectivity index (χ0n) is 12.3. The molecule has 1 unspecified atom stereocenters. The number of aromatic amines is 1. The van der Waals surface area contributed by atoms with E-state index in [0.29, 0.717) is 18.7 Å². The highest BCUT2D eigenvalue weighted by atomic mass is 16.1. The summed E-state index contributed by atoms with van der Waals surface area (Å²) in [5, 5.41) is 9.78. The quantitative estimate of drug-likeness (QED) is 0.731. The fourth-order valence-electron chi connectivity index (χ4n) is 2.18. The standard InChI is InChI=1S/C16H22N4O/c1-2-6-13-11-15(20-19-13)18-16(21)10-9-14(17)12-7-4-3-5-8-12/h3-5,7-8,11,14H,2,6,9-10,17H2,1H3,(H2,18,19,20,21). The second-order valence-electron chi connectivity index (χ2n) is 5.13. The molecule has 1 aromatic heterocycles.